The third-order valence-electron chi connectivity index (χ3n) is 2.45. The maximum Gasteiger partial charge on any atom is 0.180 e. The molecule has 0 spiro atoms. The summed E-state index contributed by atoms with van der Waals surface area (Å²) in [4.78, 5) is 0.321. The van der Waals surface area contributed by atoms with Gasteiger partial charge in [0.25, 0.3) is 0 Å². The summed E-state index contributed by atoms with van der Waals surface area (Å²) in [5.41, 5.74) is 6.51. The lowest BCUT2D eigenvalue weighted by Crippen LogP contribution is -2.31. The van der Waals surface area contributed by atoms with Crippen LogP contribution in [0.25, 0.3) is 0 Å². The molecule has 0 aliphatic heterocycles. The quantitative estimate of drug-likeness (QED) is 0.829. The summed E-state index contributed by atoms with van der Waals surface area (Å²) in [5.74, 6) is -0.0690. The highest BCUT2D eigenvalue weighted by Gasteiger charge is 2.20. The molecule has 2 N–H and O–H groups in total. The van der Waals surface area contributed by atoms with Gasteiger partial charge in [-0.3, -0.25) is 0 Å². The molecular weight excluding hydrogens is 238 g/mol. The summed E-state index contributed by atoms with van der Waals surface area (Å²) in [6.07, 6.45) is -0.439. The molecule has 0 saturated carbocycles. The maximum absolute atomic E-state index is 12.1. The number of nitrogens with two attached hydrogens (primary N) is 1. The first-order valence-electron chi connectivity index (χ1n) is 5.60. The second-order valence-electron chi connectivity index (χ2n) is 3.91. The molecule has 17 heavy (non-hydrogen) atoms. The lowest BCUT2D eigenvalue weighted by molar-refractivity contribution is 0.0846. The molecule has 0 aromatic heterocycles. The molecule has 1 aromatic rings. The summed E-state index contributed by atoms with van der Waals surface area (Å²) in [6, 6.07) is 6.80. The van der Waals surface area contributed by atoms with Crippen LogP contribution >= 0.6 is 0 Å². The zero-order valence-electron chi connectivity index (χ0n) is 10.2. The van der Waals surface area contributed by atoms with Crippen molar-refractivity contribution in [3.05, 3.63) is 29.8 Å². The summed E-state index contributed by atoms with van der Waals surface area (Å²) in [6.45, 7) is 4.41. The fourth-order valence-electron chi connectivity index (χ4n) is 1.51. The molecule has 1 aromatic carbocycles. The second kappa shape index (κ2) is 6.14. The molecular formula is C12H19NO3S. The second-order valence-corrected chi connectivity index (χ2v) is 5.94. The Balaban J connectivity index is 2.84. The lowest BCUT2D eigenvalue weighted by Gasteiger charge is -2.15. The highest BCUT2D eigenvalue weighted by Crippen LogP contribution is 2.13. The van der Waals surface area contributed by atoms with E-state index in [1.165, 1.54) is 0 Å². The zero-order chi connectivity index (χ0) is 12.9. The predicted molar refractivity (Wildman–Crippen MR) is 67.7 cm³/mol. The molecule has 1 rings (SSSR count). The molecule has 1 unspecified atom stereocenters. The zero-order valence-corrected chi connectivity index (χ0v) is 11.0. The van der Waals surface area contributed by atoms with Crippen molar-refractivity contribution in [2.45, 2.75) is 24.8 Å². The summed E-state index contributed by atoms with van der Waals surface area (Å²) in [5, 5.41) is 0. The number of ether oxygens (including phenoxy) is 1. The molecule has 1 atom stereocenters. The Bertz CT molecular complexity index is 439. The van der Waals surface area contributed by atoms with Crippen molar-refractivity contribution >= 4 is 9.84 Å². The van der Waals surface area contributed by atoms with E-state index in [2.05, 4.69) is 0 Å². The third kappa shape index (κ3) is 4.11. The number of aryl methyl sites for hydroxylation is 1. The van der Waals surface area contributed by atoms with Crippen molar-refractivity contribution < 1.29 is 13.2 Å². The molecule has 96 valence electrons. The van der Waals surface area contributed by atoms with Crippen LogP contribution < -0.4 is 5.73 Å². The summed E-state index contributed by atoms with van der Waals surface area (Å²) >= 11 is 0. The van der Waals surface area contributed by atoms with Gasteiger partial charge in [0.05, 0.1) is 16.8 Å². The standard InChI is InChI=1S/C12H19NO3S/c1-3-16-11(8-13)9-17(14,15)12-6-4-10(2)5-7-12/h4-7,11H,3,8-9,13H2,1-2H3. The fourth-order valence-corrected chi connectivity index (χ4v) is 2.97. The van der Waals surface area contributed by atoms with E-state index < -0.39 is 15.9 Å². The van der Waals surface area contributed by atoms with Crippen molar-refractivity contribution in [3.8, 4) is 0 Å². The van der Waals surface area contributed by atoms with Crippen LogP contribution in [0.2, 0.25) is 0 Å². The Hall–Kier alpha value is -0.910. The highest BCUT2D eigenvalue weighted by atomic mass is 32.2. The first-order chi connectivity index (χ1) is 7.99. The van der Waals surface area contributed by atoms with E-state index in [0.29, 0.717) is 11.5 Å². The van der Waals surface area contributed by atoms with Gasteiger partial charge in [0.1, 0.15) is 0 Å². The number of benzene rings is 1. The minimum Gasteiger partial charge on any atom is -0.376 e. The Morgan fingerprint density at radius 2 is 1.88 bits per heavy atom. The van der Waals surface area contributed by atoms with Crippen LogP contribution in [0.15, 0.2) is 29.2 Å². The molecule has 0 aliphatic carbocycles. The van der Waals surface area contributed by atoms with Gasteiger partial charge in [-0.15, -0.1) is 0 Å². The highest BCUT2D eigenvalue weighted by molar-refractivity contribution is 7.91. The first kappa shape index (κ1) is 14.2. The van der Waals surface area contributed by atoms with Crippen molar-refractivity contribution in [1.29, 1.82) is 0 Å². The number of hydrogen-bond donors (Lipinski definition) is 1. The van der Waals surface area contributed by atoms with Gasteiger partial charge < -0.3 is 10.5 Å². The van der Waals surface area contributed by atoms with Crippen LogP contribution in [-0.2, 0) is 14.6 Å². The Labute approximate surface area is 103 Å². The van der Waals surface area contributed by atoms with Crippen LogP contribution in [0, 0.1) is 6.92 Å². The Kier molecular flexibility index (Phi) is 5.11. The number of hydrogen-bond acceptors (Lipinski definition) is 4. The maximum atomic E-state index is 12.1. The van der Waals surface area contributed by atoms with Gasteiger partial charge >= 0.3 is 0 Å². The Morgan fingerprint density at radius 1 is 1.29 bits per heavy atom. The lowest BCUT2D eigenvalue weighted by atomic mass is 10.2. The van der Waals surface area contributed by atoms with Crippen LogP contribution in [0.5, 0.6) is 0 Å². The van der Waals surface area contributed by atoms with Crippen LogP contribution in [0.1, 0.15) is 12.5 Å². The minimum absolute atomic E-state index is 0.0690. The van der Waals surface area contributed by atoms with E-state index in [0.717, 1.165) is 5.56 Å². The average Bonchev–Trinajstić information content (AvgIpc) is 2.28. The SMILES string of the molecule is CCOC(CN)CS(=O)(=O)c1ccc(C)cc1. The number of sulfone groups is 1. The molecule has 4 nitrogen and oxygen atoms in total. The monoisotopic (exact) mass is 257 g/mol. The van der Waals surface area contributed by atoms with E-state index >= 15 is 0 Å². The van der Waals surface area contributed by atoms with Gasteiger partial charge in [0.15, 0.2) is 9.84 Å². The van der Waals surface area contributed by atoms with Gasteiger partial charge in [0, 0.05) is 13.2 Å². The average molecular weight is 257 g/mol. The Morgan fingerprint density at radius 3 is 2.35 bits per heavy atom. The van der Waals surface area contributed by atoms with Gasteiger partial charge in [-0.2, -0.15) is 0 Å². The summed E-state index contributed by atoms with van der Waals surface area (Å²) < 4.78 is 29.4. The van der Waals surface area contributed by atoms with Crippen LogP contribution in [0.3, 0.4) is 0 Å². The van der Waals surface area contributed by atoms with E-state index in [1.807, 2.05) is 13.8 Å². The van der Waals surface area contributed by atoms with Crippen LogP contribution in [-0.4, -0.2) is 33.4 Å². The van der Waals surface area contributed by atoms with E-state index in [-0.39, 0.29) is 12.3 Å². The molecule has 5 heteroatoms. The molecule has 0 aliphatic rings. The van der Waals surface area contributed by atoms with Crippen molar-refractivity contribution in [2.75, 3.05) is 18.9 Å². The smallest absolute Gasteiger partial charge is 0.180 e. The third-order valence-corrected chi connectivity index (χ3v) is 4.25. The fraction of sp³-hybridized carbons (Fsp3) is 0.500. The van der Waals surface area contributed by atoms with E-state index in [4.69, 9.17) is 10.5 Å². The topological polar surface area (TPSA) is 69.4 Å². The van der Waals surface area contributed by atoms with Crippen molar-refractivity contribution in [1.82, 2.24) is 0 Å². The summed E-state index contributed by atoms with van der Waals surface area (Å²) in [7, 11) is -3.32. The molecule has 0 heterocycles. The first-order valence-corrected chi connectivity index (χ1v) is 7.26. The van der Waals surface area contributed by atoms with Crippen molar-refractivity contribution in [2.24, 2.45) is 5.73 Å². The normalized spacial score (nSPS) is 13.6. The largest absolute Gasteiger partial charge is 0.376 e. The van der Waals surface area contributed by atoms with Gasteiger partial charge in [-0.25, -0.2) is 8.42 Å². The predicted octanol–water partition coefficient (Wildman–Crippen LogP) is 1.13. The molecule has 0 radical (unpaired) electrons. The van der Waals surface area contributed by atoms with Crippen molar-refractivity contribution in [3.63, 3.8) is 0 Å². The molecule has 0 fully saturated rings. The van der Waals surface area contributed by atoms with Gasteiger partial charge in [-0.05, 0) is 26.0 Å². The molecule has 0 bridgehead atoms. The van der Waals surface area contributed by atoms with Crippen LogP contribution in [0.4, 0.5) is 0 Å². The van der Waals surface area contributed by atoms with Gasteiger partial charge in [0.2, 0.25) is 0 Å². The van der Waals surface area contributed by atoms with E-state index in [1.54, 1.807) is 24.3 Å². The van der Waals surface area contributed by atoms with E-state index in [9.17, 15) is 8.42 Å². The van der Waals surface area contributed by atoms with Gasteiger partial charge in [-0.1, -0.05) is 17.7 Å². The molecule has 0 amide bonds. The molecule has 0 saturated heterocycles. The number of rotatable bonds is 6. The minimum atomic E-state index is -3.32.